The average molecular weight is 273 g/mol. The zero-order valence-corrected chi connectivity index (χ0v) is 11.6. The van der Waals surface area contributed by atoms with Gasteiger partial charge in [0.15, 0.2) is 5.82 Å². The van der Waals surface area contributed by atoms with Gasteiger partial charge in [-0.05, 0) is 41.7 Å². The van der Waals surface area contributed by atoms with Crippen molar-refractivity contribution in [1.82, 2.24) is 25.1 Å². The maximum Gasteiger partial charge on any atom is 0.170 e. The molecule has 1 aliphatic heterocycles. The van der Waals surface area contributed by atoms with Gasteiger partial charge in [-0.2, -0.15) is 4.68 Å². The van der Waals surface area contributed by atoms with E-state index in [2.05, 4.69) is 44.5 Å². The molecule has 2 aromatic rings. The minimum Gasteiger partial charge on any atom is -0.369 e. The number of tetrazole rings is 1. The van der Waals surface area contributed by atoms with Crippen LogP contribution < -0.4 is 10.6 Å². The van der Waals surface area contributed by atoms with Crippen LogP contribution >= 0.6 is 0 Å². The van der Waals surface area contributed by atoms with Crippen LogP contribution in [-0.4, -0.2) is 58.3 Å². The molecule has 0 unspecified atom stereocenters. The first kappa shape index (κ1) is 13.0. The van der Waals surface area contributed by atoms with Crippen molar-refractivity contribution in [1.29, 1.82) is 0 Å². The van der Waals surface area contributed by atoms with E-state index in [9.17, 15) is 0 Å². The smallest absolute Gasteiger partial charge is 0.170 e. The zero-order valence-electron chi connectivity index (χ0n) is 11.6. The summed E-state index contributed by atoms with van der Waals surface area (Å²) in [7, 11) is 2.16. The van der Waals surface area contributed by atoms with Gasteiger partial charge in [0.2, 0.25) is 0 Å². The van der Waals surface area contributed by atoms with Crippen molar-refractivity contribution >= 4 is 5.69 Å². The molecule has 1 aromatic heterocycles. The van der Waals surface area contributed by atoms with Gasteiger partial charge in [0.25, 0.3) is 0 Å². The maximum atomic E-state index is 5.62. The molecule has 3 rings (SSSR count). The monoisotopic (exact) mass is 273 g/mol. The predicted octanol–water partition coefficient (Wildman–Crippen LogP) is -0.127. The van der Waals surface area contributed by atoms with Crippen molar-refractivity contribution in [3.63, 3.8) is 0 Å². The SMILES string of the molecule is CN1CCN(c2ccc(-n3nnnc3CN)cc2)CC1. The molecule has 0 spiro atoms. The Morgan fingerprint density at radius 1 is 1.05 bits per heavy atom. The van der Waals surface area contributed by atoms with Gasteiger partial charge in [-0.3, -0.25) is 0 Å². The van der Waals surface area contributed by atoms with Crippen LogP contribution in [0.3, 0.4) is 0 Å². The number of nitrogens with zero attached hydrogens (tertiary/aromatic N) is 6. The lowest BCUT2D eigenvalue weighted by Crippen LogP contribution is -2.44. The fraction of sp³-hybridized carbons (Fsp3) is 0.462. The predicted molar refractivity (Wildman–Crippen MR) is 76.8 cm³/mol. The summed E-state index contributed by atoms with van der Waals surface area (Å²) in [6.45, 7) is 4.66. The van der Waals surface area contributed by atoms with Crippen molar-refractivity contribution in [2.24, 2.45) is 5.73 Å². The third-order valence-corrected chi connectivity index (χ3v) is 3.68. The highest BCUT2D eigenvalue weighted by Gasteiger charge is 2.14. The third kappa shape index (κ3) is 2.50. The summed E-state index contributed by atoms with van der Waals surface area (Å²) in [4.78, 5) is 4.74. The van der Waals surface area contributed by atoms with Crippen LogP contribution in [0.4, 0.5) is 5.69 Å². The van der Waals surface area contributed by atoms with Crippen molar-refractivity contribution in [3.8, 4) is 5.69 Å². The number of benzene rings is 1. The Bertz CT molecular complexity index is 554. The molecule has 0 amide bonds. The molecule has 106 valence electrons. The molecule has 0 saturated carbocycles. The Morgan fingerprint density at radius 2 is 1.70 bits per heavy atom. The molecule has 2 heterocycles. The largest absolute Gasteiger partial charge is 0.369 e. The van der Waals surface area contributed by atoms with E-state index in [1.807, 2.05) is 12.1 Å². The molecule has 1 saturated heterocycles. The van der Waals surface area contributed by atoms with Crippen molar-refractivity contribution < 1.29 is 0 Å². The molecule has 7 heteroatoms. The van der Waals surface area contributed by atoms with E-state index in [-0.39, 0.29) is 0 Å². The molecule has 1 aliphatic rings. The summed E-state index contributed by atoms with van der Waals surface area (Å²) < 4.78 is 1.67. The highest BCUT2D eigenvalue weighted by Crippen LogP contribution is 2.18. The first-order valence-electron chi connectivity index (χ1n) is 6.79. The van der Waals surface area contributed by atoms with Gasteiger partial charge >= 0.3 is 0 Å². The Hall–Kier alpha value is -1.99. The number of hydrogen-bond acceptors (Lipinski definition) is 6. The fourth-order valence-electron chi connectivity index (χ4n) is 2.40. The third-order valence-electron chi connectivity index (χ3n) is 3.68. The first-order chi connectivity index (χ1) is 9.78. The average Bonchev–Trinajstić information content (AvgIpc) is 2.97. The summed E-state index contributed by atoms with van der Waals surface area (Å²) in [6, 6.07) is 8.29. The van der Waals surface area contributed by atoms with Crippen LogP contribution in [0, 0.1) is 0 Å². The van der Waals surface area contributed by atoms with Crippen molar-refractivity contribution in [3.05, 3.63) is 30.1 Å². The van der Waals surface area contributed by atoms with Gasteiger partial charge in [-0.1, -0.05) is 0 Å². The second-order valence-corrected chi connectivity index (χ2v) is 5.02. The lowest BCUT2D eigenvalue weighted by Gasteiger charge is -2.34. The summed E-state index contributed by atoms with van der Waals surface area (Å²) in [5.74, 6) is 0.664. The van der Waals surface area contributed by atoms with Gasteiger partial charge in [-0.15, -0.1) is 5.10 Å². The topological polar surface area (TPSA) is 76.1 Å². The Labute approximate surface area is 118 Å². The normalized spacial score (nSPS) is 16.6. The van der Waals surface area contributed by atoms with E-state index < -0.39 is 0 Å². The van der Waals surface area contributed by atoms with Crippen LogP contribution in [0.5, 0.6) is 0 Å². The Balaban J connectivity index is 1.78. The van der Waals surface area contributed by atoms with Crippen LogP contribution in [0.25, 0.3) is 5.69 Å². The van der Waals surface area contributed by atoms with Gasteiger partial charge < -0.3 is 15.5 Å². The maximum absolute atomic E-state index is 5.62. The molecule has 1 fully saturated rings. The molecule has 0 radical (unpaired) electrons. The summed E-state index contributed by atoms with van der Waals surface area (Å²) in [6.07, 6.45) is 0. The lowest BCUT2D eigenvalue weighted by atomic mass is 10.2. The molecule has 20 heavy (non-hydrogen) atoms. The molecule has 2 N–H and O–H groups in total. The quantitative estimate of drug-likeness (QED) is 0.840. The summed E-state index contributed by atoms with van der Waals surface area (Å²) in [5.41, 5.74) is 7.79. The lowest BCUT2D eigenvalue weighted by molar-refractivity contribution is 0.313. The number of likely N-dealkylation sites (N-methyl/N-ethyl adjacent to an activating group) is 1. The molecule has 0 bridgehead atoms. The minimum atomic E-state index is 0.327. The Morgan fingerprint density at radius 3 is 2.35 bits per heavy atom. The highest BCUT2D eigenvalue weighted by molar-refractivity contribution is 5.51. The van der Waals surface area contributed by atoms with E-state index >= 15 is 0 Å². The van der Waals surface area contributed by atoms with Gasteiger partial charge in [0.1, 0.15) is 0 Å². The van der Waals surface area contributed by atoms with Crippen LogP contribution in [0.2, 0.25) is 0 Å². The van der Waals surface area contributed by atoms with E-state index in [0.29, 0.717) is 12.4 Å². The molecular formula is C13H19N7. The van der Waals surface area contributed by atoms with Gasteiger partial charge in [-0.25, -0.2) is 0 Å². The molecule has 0 aliphatic carbocycles. The molecule has 7 nitrogen and oxygen atoms in total. The number of aromatic nitrogens is 4. The molecular weight excluding hydrogens is 254 g/mol. The highest BCUT2D eigenvalue weighted by atomic mass is 15.5. The van der Waals surface area contributed by atoms with Gasteiger partial charge in [0.05, 0.1) is 12.2 Å². The second kappa shape index (κ2) is 5.56. The van der Waals surface area contributed by atoms with E-state index in [4.69, 9.17) is 5.73 Å². The summed E-state index contributed by atoms with van der Waals surface area (Å²) in [5, 5.41) is 11.5. The Kier molecular flexibility index (Phi) is 3.62. The van der Waals surface area contributed by atoms with Crippen molar-refractivity contribution in [2.75, 3.05) is 38.1 Å². The number of hydrogen-bond donors (Lipinski definition) is 1. The number of rotatable bonds is 3. The number of piperazine rings is 1. The standard InChI is InChI=1S/C13H19N7/c1-18-6-8-19(9-7-18)11-2-4-12(5-3-11)20-13(10-14)15-16-17-20/h2-5H,6-10,14H2,1H3. The zero-order chi connectivity index (χ0) is 13.9. The molecule has 1 aromatic carbocycles. The number of nitrogens with two attached hydrogens (primary N) is 1. The van der Waals surface area contributed by atoms with E-state index in [1.165, 1.54) is 5.69 Å². The molecule has 0 atom stereocenters. The minimum absolute atomic E-state index is 0.327. The fourth-order valence-corrected chi connectivity index (χ4v) is 2.40. The van der Waals surface area contributed by atoms with Gasteiger partial charge in [0, 0.05) is 31.9 Å². The van der Waals surface area contributed by atoms with Crippen LogP contribution in [-0.2, 0) is 6.54 Å². The van der Waals surface area contributed by atoms with E-state index in [1.54, 1.807) is 4.68 Å². The van der Waals surface area contributed by atoms with Crippen LogP contribution in [0.1, 0.15) is 5.82 Å². The van der Waals surface area contributed by atoms with E-state index in [0.717, 1.165) is 31.9 Å². The first-order valence-corrected chi connectivity index (χ1v) is 6.79. The van der Waals surface area contributed by atoms with Crippen LogP contribution in [0.15, 0.2) is 24.3 Å². The summed E-state index contributed by atoms with van der Waals surface area (Å²) >= 11 is 0. The second-order valence-electron chi connectivity index (χ2n) is 5.02. The number of anilines is 1. The van der Waals surface area contributed by atoms with Crippen molar-refractivity contribution in [2.45, 2.75) is 6.54 Å².